The van der Waals surface area contributed by atoms with Gasteiger partial charge in [-0.3, -0.25) is 4.79 Å². The van der Waals surface area contributed by atoms with E-state index in [1.807, 2.05) is 4.90 Å². The highest BCUT2D eigenvalue weighted by atomic mass is 16.2. The molecule has 0 N–H and O–H groups in total. The zero-order valence-corrected chi connectivity index (χ0v) is 10.5. The summed E-state index contributed by atoms with van der Waals surface area (Å²) in [7, 11) is 0. The van der Waals surface area contributed by atoms with Gasteiger partial charge >= 0.3 is 0 Å². The molecule has 0 aromatic carbocycles. The second kappa shape index (κ2) is 5.35. The zero-order chi connectivity index (χ0) is 12.3. The van der Waals surface area contributed by atoms with Crippen molar-refractivity contribution in [3.63, 3.8) is 0 Å². The molecule has 1 fully saturated rings. The van der Waals surface area contributed by atoms with Gasteiger partial charge in [0.2, 0.25) is 5.91 Å². The van der Waals surface area contributed by atoms with E-state index in [1.54, 1.807) is 0 Å². The quantitative estimate of drug-likeness (QED) is 0.652. The van der Waals surface area contributed by atoms with Gasteiger partial charge in [-0.15, -0.1) is 0 Å². The maximum atomic E-state index is 12.3. The number of nitrogens with zero attached hydrogens (tertiary/aromatic N) is 2. The summed E-state index contributed by atoms with van der Waals surface area (Å²) < 4.78 is 0. The van der Waals surface area contributed by atoms with E-state index in [0.717, 1.165) is 45.2 Å². The predicted molar refractivity (Wildman–Crippen MR) is 66.0 cm³/mol. The van der Waals surface area contributed by atoms with Gasteiger partial charge in [0, 0.05) is 24.9 Å². The Morgan fingerprint density at radius 2 is 2.12 bits per heavy atom. The van der Waals surface area contributed by atoms with Crippen LogP contribution in [0.4, 0.5) is 0 Å². The van der Waals surface area contributed by atoms with Crippen LogP contribution in [0.5, 0.6) is 0 Å². The maximum Gasteiger partial charge on any atom is 0.225 e. The average molecular weight is 232 g/mol. The van der Waals surface area contributed by atoms with Crippen LogP contribution in [0.2, 0.25) is 0 Å². The van der Waals surface area contributed by atoms with Crippen molar-refractivity contribution in [1.29, 1.82) is 5.26 Å². The first kappa shape index (κ1) is 12.2. The molecule has 1 saturated carbocycles. The number of amides is 1. The molecule has 92 valence electrons. The largest absolute Gasteiger partial charge is 0.338 e. The van der Waals surface area contributed by atoms with Crippen molar-refractivity contribution < 1.29 is 4.79 Å². The van der Waals surface area contributed by atoms with E-state index >= 15 is 0 Å². The summed E-state index contributed by atoms with van der Waals surface area (Å²) in [6, 6.07) is 2.31. The fraction of sp³-hybridized carbons (Fsp3) is 0.714. The van der Waals surface area contributed by atoms with Crippen LogP contribution in [0, 0.1) is 23.2 Å². The number of nitriles is 1. The predicted octanol–water partition coefficient (Wildman–Crippen LogP) is 2.49. The van der Waals surface area contributed by atoms with Gasteiger partial charge in [-0.25, -0.2) is 0 Å². The molecule has 2 rings (SSSR count). The Morgan fingerprint density at radius 1 is 1.41 bits per heavy atom. The number of hydrogen-bond acceptors (Lipinski definition) is 2. The lowest BCUT2D eigenvalue weighted by molar-refractivity contribution is -0.136. The van der Waals surface area contributed by atoms with Crippen LogP contribution in [0.1, 0.15) is 39.0 Å². The number of carbonyl (C=O) groups is 1. The molecule has 1 heterocycles. The van der Waals surface area contributed by atoms with Gasteiger partial charge in [-0.1, -0.05) is 11.6 Å². The Labute approximate surface area is 103 Å². The van der Waals surface area contributed by atoms with E-state index in [2.05, 4.69) is 19.1 Å². The molecule has 1 aliphatic heterocycles. The molecule has 0 spiro atoms. The second-order valence-electron chi connectivity index (χ2n) is 5.26. The molecule has 3 heteroatoms. The topological polar surface area (TPSA) is 44.1 Å². The van der Waals surface area contributed by atoms with E-state index in [0.29, 0.717) is 5.91 Å². The van der Waals surface area contributed by atoms with Gasteiger partial charge in [0.05, 0.1) is 6.07 Å². The monoisotopic (exact) mass is 232 g/mol. The van der Waals surface area contributed by atoms with Gasteiger partial charge in [0.15, 0.2) is 0 Å². The SMILES string of the molecule is CC1=CCN(C(=O)C2CCC(C#N)CC2)CC1. The van der Waals surface area contributed by atoms with Crippen molar-refractivity contribution in [3.8, 4) is 6.07 Å². The lowest BCUT2D eigenvalue weighted by atomic mass is 9.82. The summed E-state index contributed by atoms with van der Waals surface area (Å²) in [5, 5.41) is 8.84. The number of rotatable bonds is 1. The van der Waals surface area contributed by atoms with E-state index in [9.17, 15) is 4.79 Å². The Hall–Kier alpha value is -1.30. The molecule has 1 aliphatic carbocycles. The molecule has 0 aromatic heterocycles. The summed E-state index contributed by atoms with van der Waals surface area (Å²) in [6.07, 6.45) is 6.76. The third-order valence-electron chi connectivity index (χ3n) is 4.01. The van der Waals surface area contributed by atoms with Gasteiger partial charge in [0.1, 0.15) is 0 Å². The Morgan fingerprint density at radius 3 is 2.65 bits per heavy atom. The van der Waals surface area contributed by atoms with Crippen molar-refractivity contribution in [2.75, 3.05) is 13.1 Å². The fourth-order valence-electron chi connectivity index (χ4n) is 2.70. The van der Waals surface area contributed by atoms with Crippen molar-refractivity contribution in [1.82, 2.24) is 4.90 Å². The van der Waals surface area contributed by atoms with Crippen molar-refractivity contribution >= 4 is 5.91 Å². The van der Waals surface area contributed by atoms with Gasteiger partial charge < -0.3 is 4.90 Å². The average Bonchev–Trinajstić information content (AvgIpc) is 2.39. The standard InChI is InChI=1S/C14H20N2O/c1-11-6-8-16(9-7-11)14(17)13-4-2-12(10-15)3-5-13/h6,12-13H,2-5,7-9H2,1H3. The third-order valence-corrected chi connectivity index (χ3v) is 4.01. The Bertz CT molecular complexity index is 359. The van der Waals surface area contributed by atoms with E-state index in [-0.39, 0.29) is 11.8 Å². The van der Waals surface area contributed by atoms with Crippen molar-refractivity contribution in [3.05, 3.63) is 11.6 Å². The Kier molecular flexibility index (Phi) is 3.83. The van der Waals surface area contributed by atoms with E-state index in [4.69, 9.17) is 5.26 Å². The summed E-state index contributed by atoms with van der Waals surface area (Å²) >= 11 is 0. The van der Waals surface area contributed by atoms with Crippen LogP contribution in [-0.2, 0) is 4.79 Å². The molecule has 0 unspecified atom stereocenters. The lowest BCUT2D eigenvalue weighted by Gasteiger charge is -2.32. The maximum absolute atomic E-state index is 12.3. The molecular weight excluding hydrogens is 212 g/mol. The van der Waals surface area contributed by atoms with Crippen LogP contribution < -0.4 is 0 Å². The van der Waals surface area contributed by atoms with Crippen molar-refractivity contribution in [2.45, 2.75) is 39.0 Å². The first-order chi connectivity index (χ1) is 8.20. The fourth-order valence-corrected chi connectivity index (χ4v) is 2.70. The molecule has 1 amide bonds. The van der Waals surface area contributed by atoms with Gasteiger partial charge in [0.25, 0.3) is 0 Å². The summed E-state index contributed by atoms with van der Waals surface area (Å²) in [5.74, 6) is 0.666. The van der Waals surface area contributed by atoms with Crippen molar-refractivity contribution in [2.24, 2.45) is 11.8 Å². The first-order valence-corrected chi connectivity index (χ1v) is 6.54. The van der Waals surface area contributed by atoms with Crippen LogP contribution in [0.25, 0.3) is 0 Å². The molecule has 2 aliphatic rings. The van der Waals surface area contributed by atoms with Crippen LogP contribution >= 0.6 is 0 Å². The van der Waals surface area contributed by atoms with Crippen LogP contribution in [0.15, 0.2) is 11.6 Å². The minimum absolute atomic E-state index is 0.173. The molecule has 0 radical (unpaired) electrons. The molecule has 0 bridgehead atoms. The first-order valence-electron chi connectivity index (χ1n) is 6.54. The summed E-state index contributed by atoms with van der Waals surface area (Å²) in [6.45, 7) is 3.78. The number of hydrogen-bond donors (Lipinski definition) is 0. The van der Waals surface area contributed by atoms with Crippen LogP contribution in [0.3, 0.4) is 0 Å². The smallest absolute Gasteiger partial charge is 0.225 e. The highest BCUT2D eigenvalue weighted by molar-refractivity contribution is 5.79. The number of carbonyl (C=O) groups excluding carboxylic acids is 1. The minimum atomic E-state index is 0.173. The highest BCUT2D eigenvalue weighted by Gasteiger charge is 2.29. The van der Waals surface area contributed by atoms with Crippen LogP contribution in [-0.4, -0.2) is 23.9 Å². The molecule has 0 saturated heterocycles. The second-order valence-corrected chi connectivity index (χ2v) is 5.26. The van der Waals surface area contributed by atoms with E-state index < -0.39 is 0 Å². The zero-order valence-electron chi connectivity index (χ0n) is 10.5. The lowest BCUT2D eigenvalue weighted by Crippen LogP contribution is -2.40. The normalized spacial score (nSPS) is 29.4. The molecule has 0 aromatic rings. The molecular formula is C14H20N2O. The third kappa shape index (κ3) is 2.88. The highest BCUT2D eigenvalue weighted by Crippen LogP contribution is 2.30. The van der Waals surface area contributed by atoms with Gasteiger partial charge in [-0.2, -0.15) is 5.26 Å². The summed E-state index contributed by atoms with van der Waals surface area (Å²) in [4.78, 5) is 14.2. The summed E-state index contributed by atoms with van der Waals surface area (Å²) in [5.41, 5.74) is 1.39. The minimum Gasteiger partial charge on any atom is -0.338 e. The van der Waals surface area contributed by atoms with Gasteiger partial charge in [-0.05, 0) is 39.0 Å². The molecule has 0 atom stereocenters. The molecule has 3 nitrogen and oxygen atoms in total. The van der Waals surface area contributed by atoms with E-state index in [1.165, 1.54) is 5.57 Å². The Balaban J connectivity index is 1.87. The molecule has 17 heavy (non-hydrogen) atoms.